The molecule has 0 bridgehead atoms. The Morgan fingerprint density at radius 2 is 1.89 bits per heavy atom. The molecule has 18 heavy (non-hydrogen) atoms. The Balaban J connectivity index is 1.94. The molecule has 0 amide bonds. The molecule has 0 N–H and O–H groups in total. The van der Waals surface area contributed by atoms with E-state index in [1.807, 2.05) is 18.2 Å². The summed E-state index contributed by atoms with van der Waals surface area (Å²) >= 11 is 11.8. The molecule has 1 saturated carbocycles. The summed E-state index contributed by atoms with van der Waals surface area (Å²) in [6, 6.07) is 5.64. The summed E-state index contributed by atoms with van der Waals surface area (Å²) in [6.07, 6.45) is 5.08. The second kappa shape index (κ2) is 4.90. The highest BCUT2D eigenvalue weighted by Gasteiger charge is 2.17. The minimum atomic E-state index is 0.164. The fraction of sp³-hybridized carbons (Fsp3) is 0.385. The monoisotopic (exact) mass is 282 g/mol. The van der Waals surface area contributed by atoms with Crippen molar-refractivity contribution in [2.75, 3.05) is 0 Å². The van der Waals surface area contributed by atoms with E-state index in [9.17, 15) is 0 Å². The maximum absolute atomic E-state index is 6.06. The normalized spacial score (nSPS) is 16.3. The molecule has 0 saturated heterocycles. The number of hydrogen-bond acceptors (Lipinski definition) is 3. The van der Waals surface area contributed by atoms with Gasteiger partial charge in [0.1, 0.15) is 10.9 Å². The molecule has 5 heteroatoms. The van der Waals surface area contributed by atoms with E-state index in [4.69, 9.17) is 27.9 Å². The molecule has 2 aromatic rings. The van der Waals surface area contributed by atoms with Crippen LogP contribution in [-0.2, 0) is 0 Å². The average molecular weight is 283 g/mol. The molecule has 0 radical (unpaired) electrons. The van der Waals surface area contributed by atoms with E-state index in [0.29, 0.717) is 11.3 Å². The lowest BCUT2D eigenvalue weighted by atomic mass is 10.2. The number of rotatable bonds is 2. The second-order valence-corrected chi connectivity index (χ2v) is 5.18. The van der Waals surface area contributed by atoms with E-state index in [-0.39, 0.29) is 5.28 Å². The van der Waals surface area contributed by atoms with Crippen LogP contribution < -0.4 is 4.74 Å². The van der Waals surface area contributed by atoms with E-state index in [0.717, 1.165) is 29.5 Å². The standard InChI is InChI=1S/C13H12Cl2N2O/c14-12-10-7-9(18-8-3-1-2-4-8)5-6-11(10)16-13(15)17-12/h5-8H,1-4H2. The summed E-state index contributed by atoms with van der Waals surface area (Å²) in [5.41, 5.74) is 0.735. The maximum atomic E-state index is 6.06. The van der Waals surface area contributed by atoms with Gasteiger partial charge in [-0.25, -0.2) is 9.97 Å². The summed E-state index contributed by atoms with van der Waals surface area (Å²) in [4.78, 5) is 8.06. The van der Waals surface area contributed by atoms with E-state index < -0.39 is 0 Å². The van der Waals surface area contributed by atoms with Crippen molar-refractivity contribution in [1.29, 1.82) is 0 Å². The largest absolute Gasteiger partial charge is 0.490 e. The highest BCUT2D eigenvalue weighted by molar-refractivity contribution is 6.35. The van der Waals surface area contributed by atoms with Crippen LogP contribution in [0.5, 0.6) is 5.75 Å². The van der Waals surface area contributed by atoms with Crippen LogP contribution >= 0.6 is 23.2 Å². The Morgan fingerprint density at radius 1 is 1.11 bits per heavy atom. The lowest BCUT2D eigenvalue weighted by Gasteiger charge is -2.13. The fourth-order valence-electron chi connectivity index (χ4n) is 2.32. The first-order chi connectivity index (χ1) is 8.72. The van der Waals surface area contributed by atoms with Gasteiger partial charge in [-0.2, -0.15) is 0 Å². The van der Waals surface area contributed by atoms with E-state index >= 15 is 0 Å². The number of halogens is 2. The molecule has 0 atom stereocenters. The zero-order valence-electron chi connectivity index (χ0n) is 9.70. The number of benzene rings is 1. The number of fused-ring (bicyclic) bond motifs is 1. The molecule has 3 nitrogen and oxygen atoms in total. The van der Waals surface area contributed by atoms with Gasteiger partial charge in [-0.3, -0.25) is 0 Å². The topological polar surface area (TPSA) is 35.0 Å². The number of nitrogens with zero attached hydrogens (tertiary/aromatic N) is 2. The van der Waals surface area contributed by atoms with Crippen LogP contribution in [0.25, 0.3) is 10.9 Å². The lowest BCUT2D eigenvalue weighted by Crippen LogP contribution is -2.10. The fourth-order valence-corrected chi connectivity index (χ4v) is 2.77. The zero-order valence-corrected chi connectivity index (χ0v) is 11.2. The molecule has 1 fully saturated rings. The van der Waals surface area contributed by atoms with Gasteiger partial charge in [0.25, 0.3) is 0 Å². The van der Waals surface area contributed by atoms with E-state index in [2.05, 4.69) is 9.97 Å². The summed E-state index contributed by atoms with van der Waals surface area (Å²) in [5, 5.41) is 1.30. The molecule has 1 aromatic carbocycles. The Kier molecular flexibility index (Phi) is 3.27. The van der Waals surface area contributed by atoms with Crippen molar-refractivity contribution in [3.05, 3.63) is 28.6 Å². The quantitative estimate of drug-likeness (QED) is 0.610. The molecular weight excluding hydrogens is 271 g/mol. The van der Waals surface area contributed by atoms with Gasteiger partial charge in [-0.1, -0.05) is 11.6 Å². The van der Waals surface area contributed by atoms with Crippen molar-refractivity contribution < 1.29 is 4.74 Å². The highest BCUT2D eigenvalue weighted by Crippen LogP contribution is 2.29. The molecule has 3 rings (SSSR count). The van der Waals surface area contributed by atoms with Crippen LogP contribution in [0.4, 0.5) is 0 Å². The lowest BCUT2D eigenvalue weighted by molar-refractivity contribution is 0.210. The van der Waals surface area contributed by atoms with Crippen LogP contribution in [0, 0.1) is 0 Å². The zero-order chi connectivity index (χ0) is 12.5. The van der Waals surface area contributed by atoms with Crippen molar-refractivity contribution in [3.63, 3.8) is 0 Å². The van der Waals surface area contributed by atoms with Crippen molar-refractivity contribution in [3.8, 4) is 5.75 Å². The molecule has 1 heterocycles. The third kappa shape index (κ3) is 2.38. The molecule has 0 spiro atoms. The predicted octanol–water partition coefficient (Wildman–Crippen LogP) is 4.26. The maximum Gasteiger partial charge on any atom is 0.224 e. The molecule has 1 aliphatic carbocycles. The number of hydrogen-bond donors (Lipinski definition) is 0. The third-order valence-corrected chi connectivity index (χ3v) is 3.66. The van der Waals surface area contributed by atoms with Gasteiger partial charge >= 0.3 is 0 Å². The minimum absolute atomic E-state index is 0.164. The Labute approximate surface area is 115 Å². The Bertz CT molecular complexity index is 582. The van der Waals surface area contributed by atoms with Crippen LogP contribution in [0.1, 0.15) is 25.7 Å². The van der Waals surface area contributed by atoms with Gasteiger partial charge in [-0.15, -0.1) is 0 Å². The first kappa shape index (κ1) is 12.0. The van der Waals surface area contributed by atoms with Gasteiger partial charge < -0.3 is 4.74 Å². The average Bonchev–Trinajstić information content (AvgIpc) is 2.83. The van der Waals surface area contributed by atoms with Crippen molar-refractivity contribution in [2.24, 2.45) is 0 Å². The molecule has 94 valence electrons. The highest BCUT2D eigenvalue weighted by atomic mass is 35.5. The van der Waals surface area contributed by atoms with Gasteiger partial charge in [0.05, 0.1) is 11.6 Å². The van der Waals surface area contributed by atoms with Crippen LogP contribution in [0.2, 0.25) is 10.4 Å². The first-order valence-electron chi connectivity index (χ1n) is 6.02. The first-order valence-corrected chi connectivity index (χ1v) is 6.77. The van der Waals surface area contributed by atoms with Crippen molar-refractivity contribution >= 4 is 34.1 Å². The van der Waals surface area contributed by atoms with E-state index in [1.54, 1.807) is 0 Å². The van der Waals surface area contributed by atoms with Gasteiger partial charge in [0.15, 0.2) is 0 Å². The molecular formula is C13H12Cl2N2O. The summed E-state index contributed by atoms with van der Waals surface area (Å²) in [7, 11) is 0. The summed E-state index contributed by atoms with van der Waals surface area (Å²) < 4.78 is 5.92. The molecule has 1 aliphatic rings. The third-order valence-electron chi connectivity index (χ3n) is 3.20. The minimum Gasteiger partial charge on any atom is -0.490 e. The van der Waals surface area contributed by atoms with Crippen LogP contribution in [0.15, 0.2) is 18.2 Å². The Morgan fingerprint density at radius 3 is 2.67 bits per heavy atom. The van der Waals surface area contributed by atoms with Crippen LogP contribution in [-0.4, -0.2) is 16.1 Å². The predicted molar refractivity (Wildman–Crippen MR) is 72.4 cm³/mol. The van der Waals surface area contributed by atoms with Gasteiger partial charge in [0, 0.05) is 5.39 Å². The summed E-state index contributed by atoms with van der Waals surface area (Å²) in [5.74, 6) is 0.822. The second-order valence-electron chi connectivity index (χ2n) is 4.49. The van der Waals surface area contributed by atoms with Gasteiger partial charge in [-0.05, 0) is 55.5 Å². The molecule has 1 aromatic heterocycles. The number of aromatic nitrogens is 2. The van der Waals surface area contributed by atoms with Crippen LogP contribution in [0.3, 0.4) is 0 Å². The molecule has 0 unspecified atom stereocenters. The smallest absolute Gasteiger partial charge is 0.224 e. The SMILES string of the molecule is Clc1nc(Cl)c2cc(OC3CCCC3)ccc2n1. The number of ether oxygens (including phenoxy) is 1. The van der Waals surface area contributed by atoms with Crippen molar-refractivity contribution in [1.82, 2.24) is 9.97 Å². The molecule has 0 aliphatic heterocycles. The summed E-state index contributed by atoms with van der Waals surface area (Å²) in [6.45, 7) is 0. The van der Waals surface area contributed by atoms with Crippen molar-refractivity contribution in [2.45, 2.75) is 31.8 Å². The van der Waals surface area contributed by atoms with Gasteiger partial charge in [0.2, 0.25) is 5.28 Å². The Hall–Kier alpha value is -1.06. The van der Waals surface area contributed by atoms with E-state index in [1.165, 1.54) is 12.8 Å².